The van der Waals surface area contributed by atoms with Crippen molar-refractivity contribution in [3.8, 4) is 5.75 Å². The molecular weight excluding hydrogens is 274 g/mol. The highest BCUT2D eigenvalue weighted by atomic mass is 16.5. The molecule has 116 valence electrons. The second-order valence-electron chi connectivity index (χ2n) is 7.66. The molecule has 0 radical (unpaired) electrons. The Labute approximate surface area is 130 Å². The van der Waals surface area contributed by atoms with Crippen LogP contribution in [0.5, 0.6) is 5.75 Å². The van der Waals surface area contributed by atoms with Gasteiger partial charge < -0.3 is 4.74 Å². The monoisotopic (exact) mass is 297 g/mol. The summed E-state index contributed by atoms with van der Waals surface area (Å²) in [6.07, 6.45) is 13.7. The van der Waals surface area contributed by atoms with Gasteiger partial charge in [0, 0.05) is 17.8 Å². The van der Waals surface area contributed by atoms with Crippen molar-refractivity contribution in [1.29, 1.82) is 0 Å². The summed E-state index contributed by atoms with van der Waals surface area (Å²) in [5.41, 5.74) is 2.24. The van der Waals surface area contributed by atoms with E-state index in [-0.39, 0.29) is 0 Å². The maximum atomic E-state index is 6.30. The maximum Gasteiger partial charge on any atom is 0.164 e. The molecule has 4 nitrogen and oxygen atoms in total. The smallest absolute Gasteiger partial charge is 0.164 e. The summed E-state index contributed by atoms with van der Waals surface area (Å²) in [4.78, 5) is 0. The number of hydrogen-bond acceptors (Lipinski definition) is 3. The summed E-state index contributed by atoms with van der Waals surface area (Å²) in [5, 5.41) is 8.16. The van der Waals surface area contributed by atoms with Crippen LogP contribution < -0.4 is 4.74 Å². The van der Waals surface area contributed by atoms with Crippen LogP contribution in [0, 0.1) is 17.8 Å². The lowest BCUT2D eigenvalue weighted by Gasteiger charge is -2.27. The third-order valence-corrected chi connectivity index (χ3v) is 5.90. The second-order valence-corrected chi connectivity index (χ2v) is 7.66. The molecule has 0 spiro atoms. The van der Waals surface area contributed by atoms with Crippen molar-refractivity contribution in [1.82, 2.24) is 14.6 Å². The van der Waals surface area contributed by atoms with Gasteiger partial charge >= 0.3 is 0 Å². The number of ether oxygens (including phenoxy) is 1. The number of aromatic nitrogens is 3. The van der Waals surface area contributed by atoms with Gasteiger partial charge in [0.2, 0.25) is 0 Å². The molecule has 0 aliphatic heterocycles. The fourth-order valence-corrected chi connectivity index (χ4v) is 4.68. The molecule has 0 N–H and O–H groups in total. The predicted octanol–water partition coefficient (Wildman–Crippen LogP) is 3.81. The zero-order valence-corrected chi connectivity index (χ0v) is 12.9. The number of pyridine rings is 1. The van der Waals surface area contributed by atoms with Crippen molar-refractivity contribution in [2.45, 2.75) is 50.9 Å². The van der Waals surface area contributed by atoms with Gasteiger partial charge in [-0.1, -0.05) is 12.8 Å². The SMILES string of the molecule is c1c(OCC2C[C@H]3CC[C@@H](C2)C3)c(C2CC2)cn2cnnc12. The normalized spacial score (nSPS) is 30.8. The van der Waals surface area contributed by atoms with E-state index >= 15 is 0 Å². The lowest BCUT2D eigenvalue weighted by molar-refractivity contribution is 0.170. The van der Waals surface area contributed by atoms with Crippen LogP contribution in [-0.4, -0.2) is 21.2 Å². The van der Waals surface area contributed by atoms with Gasteiger partial charge in [-0.05, 0) is 55.8 Å². The molecule has 2 heterocycles. The lowest BCUT2D eigenvalue weighted by Crippen LogP contribution is -2.22. The molecule has 2 bridgehead atoms. The zero-order chi connectivity index (χ0) is 14.5. The van der Waals surface area contributed by atoms with Crippen molar-refractivity contribution in [3.05, 3.63) is 24.2 Å². The first-order valence-corrected chi connectivity index (χ1v) is 8.81. The molecule has 2 aromatic heterocycles. The van der Waals surface area contributed by atoms with Gasteiger partial charge in [-0.2, -0.15) is 0 Å². The van der Waals surface area contributed by atoms with Gasteiger partial charge in [-0.25, -0.2) is 0 Å². The predicted molar refractivity (Wildman–Crippen MR) is 84.0 cm³/mol. The van der Waals surface area contributed by atoms with Crippen molar-refractivity contribution in [3.63, 3.8) is 0 Å². The standard InChI is InChI=1S/C18H23N3O/c1-2-13-5-12(1)6-14(7-13)10-22-17-8-18-20-19-11-21(18)9-16(17)15-3-4-15/h8-9,11-15H,1-7,10H2/t12-,13+,14?. The quantitative estimate of drug-likeness (QED) is 0.861. The van der Waals surface area contributed by atoms with E-state index in [4.69, 9.17) is 4.74 Å². The third-order valence-electron chi connectivity index (χ3n) is 5.90. The Morgan fingerprint density at radius 2 is 1.91 bits per heavy atom. The molecule has 3 saturated carbocycles. The molecule has 2 aromatic rings. The second kappa shape index (κ2) is 4.97. The molecule has 0 saturated heterocycles. The molecule has 0 amide bonds. The van der Waals surface area contributed by atoms with Gasteiger partial charge in [0.05, 0.1) is 6.61 Å². The molecule has 3 atom stereocenters. The van der Waals surface area contributed by atoms with Gasteiger partial charge in [-0.3, -0.25) is 4.40 Å². The van der Waals surface area contributed by atoms with Crippen LogP contribution in [0.4, 0.5) is 0 Å². The largest absolute Gasteiger partial charge is 0.493 e. The molecule has 3 aliphatic rings. The molecule has 22 heavy (non-hydrogen) atoms. The fourth-order valence-electron chi connectivity index (χ4n) is 4.68. The summed E-state index contributed by atoms with van der Waals surface area (Å²) in [6.45, 7) is 0.886. The first-order chi connectivity index (χ1) is 10.8. The van der Waals surface area contributed by atoms with Crippen molar-refractivity contribution in [2.75, 3.05) is 6.61 Å². The van der Waals surface area contributed by atoms with Crippen molar-refractivity contribution >= 4 is 5.65 Å². The Kier molecular flexibility index (Phi) is 2.92. The average Bonchev–Trinajstić information content (AvgIpc) is 3.19. The summed E-state index contributed by atoms with van der Waals surface area (Å²) in [5.74, 6) is 4.46. The highest BCUT2D eigenvalue weighted by Gasteiger charge is 2.34. The van der Waals surface area contributed by atoms with E-state index in [1.807, 2.05) is 4.40 Å². The van der Waals surface area contributed by atoms with E-state index in [0.717, 1.165) is 35.8 Å². The summed E-state index contributed by atoms with van der Waals surface area (Å²) in [7, 11) is 0. The molecule has 4 heteroatoms. The molecule has 0 aromatic carbocycles. The van der Waals surface area contributed by atoms with Crippen LogP contribution in [0.3, 0.4) is 0 Å². The number of nitrogens with zero attached hydrogens (tertiary/aromatic N) is 3. The Hall–Kier alpha value is -1.58. The van der Waals surface area contributed by atoms with Crippen molar-refractivity contribution < 1.29 is 4.74 Å². The van der Waals surface area contributed by atoms with Gasteiger partial charge in [0.1, 0.15) is 12.1 Å². The number of fused-ring (bicyclic) bond motifs is 3. The highest BCUT2D eigenvalue weighted by molar-refractivity contribution is 5.49. The summed E-state index contributed by atoms with van der Waals surface area (Å²) < 4.78 is 8.31. The van der Waals surface area contributed by atoms with Crippen LogP contribution in [-0.2, 0) is 0 Å². The summed E-state index contributed by atoms with van der Waals surface area (Å²) >= 11 is 0. The van der Waals surface area contributed by atoms with E-state index in [2.05, 4.69) is 22.5 Å². The van der Waals surface area contributed by atoms with E-state index in [0.29, 0.717) is 5.92 Å². The number of hydrogen-bond donors (Lipinski definition) is 0. The first kappa shape index (κ1) is 12.9. The van der Waals surface area contributed by atoms with Crippen LogP contribution in [0.2, 0.25) is 0 Å². The number of rotatable bonds is 4. The molecule has 1 unspecified atom stereocenters. The Morgan fingerprint density at radius 3 is 2.68 bits per heavy atom. The molecule has 5 rings (SSSR count). The van der Waals surface area contributed by atoms with E-state index in [1.165, 1.54) is 50.5 Å². The molecular formula is C18H23N3O. The van der Waals surface area contributed by atoms with Crippen LogP contribution in [0.25, 0.3) is 5.65 Å². The van der Waals surface area contributed by atoms with Gasteiger partial charge in [-0.15, -0.1) is 10.2 Å². The maximum absolute atomic E-state index is 6.30. The molecule has 3 aliphatic carbocycles. The van der Waals surface area contributed by atoms with Crippen LogP contribution in [0.15, 0.2) is 18.6 Å². The Bertz CT molecular complexity index is 679. The van der Waals surface area contributed by atoms with Crippen LogP contribution in [0.1, 0.15) is 56.4 Å². The van der Waals surface area contributed by atoms with E-state index < -0.39 is 0 Å². The first-order valence-electron chi connectivity index (χ1n) is 8.81. The third kappa shape index (κ3) is 2.29. The summed E-state index contributed by atoms with van der Waals surface area (Å²) in [6, 6.07) is 2.08. The van der Waals surface area contributed by atoms with Gasteiger partial charge in [0.15, 0.2) is 5.65 Å². The Morgan fingerprint density at radius 1 is 1.09 bits per heavy atom. The minimum Gasteiger partial charge on any atom is -0.493 e. The topological polar surface area (TPSA) is 39.4 Å². The van der Waals surface area contributed by atoms with E-state index in [9.17, 15) is 0 Å². The fraction of sp³-hybridized carbons (Fsp3) is 0.667. The minimum atomic E-state index is 0.685. The van der Waals surface area contributed by atoms with Gasteiger partial charge in [0.25, 0.3) is 0 Å². The van der Waals surface area contributed by atoms with Crippen LogP contribution >= 0.6 is 0 Å². The molecule has 3 fully saturated rings. The Balaban J connectivity index is 1.35. The highest BCUT2D eigenvalue weighted by Crippen LogP contribution is 2.46. The van der Waals surface area contributed by atoms with Crippen molar-refractivity contribution in [2.24, 2.45) is 17.8 Å². The van der Waals surface area contributed by atoms with E-state index in [1.54, 1.807) is 6.33 Å². The average molecular weight is 297 g/mol. The lowest BCUT2D eigenvalue weighted by atomic mass is 9.81. The minimum absolute atomic E-state index is 0.685. The zero-order valence-electron chi connectivity index (χ0n) is 12.9.